The first kappa shape index (κ1) is 24.5. The minimum atomic E-state index is -4.83. The van der Waals surface area contributed by atoms with Crippen molar-refractivity contribution in [1.82, 2.24) is 15.1 Å². The van der Waals surface area contributed by atoms with Crippen molar-refractivity contribution in [2.24, 2.45) is 7.05 Å². The number of hydrogen-bond donors (Lipinski definition) is 2. The summed E-state index contributed by atoms with van der Waals surface area (Å²) >= 11 is 6.51. The SMILES string of the molecule is Cn1cc(-c2ccc(Cl)c(C3NC(=O)c4cccc(NC(=O)c5cc(F)cc(C(F)(F)F)c5)c43)c2)cn1. The number of aryl methyl sites for hydroxylation is 1. The van der Waals surface area contributed by atoms with Crippen molar-refractivity contribution in [2.75, 3.05) is 5.32 Å². The summed E-state index contributed by atoms with van der Waals surface area (Å²) < 4.78 is 54.9. The zero-order valence-corrected chi connectivity index (χ0v) is 19.8. The molecule has 2 N–H and O–H groups in total. The number of nitrogens with zero attached hydrogens (tertiary/aromatic N) is 2. The van der Waals surface area contributed by atoms with E-state index in [1.807, 2.05) is 6.20 Å². The molecule has 1 atom stereocenters. The van der Waals surface area contributed by atoms with Gasteiger partial charge in [-0.3, -0.25) is 14.3 Å². The fourth-order valence-corrected chi connectivity index (χ4v) is 4.52. The van der Waals surface area contributed by atoms with Crippen LogP contribution in [0.3, 0.4) is 0 Å². The number of anilines is 1. The molecule has 1 aliphatic rings. The lowest BCUT2D eigenvalue weighted by Crippen LogP contribution is -2.21. The fraction of sp³-hybridized carbons (Fsp3) is 0.115. The Labute approximate surface area is 212 Å². The van der Waals surface area contributed by atoms with Crippen LogP contribution in [0.2, 0.25) is 5.02 Å². The highest BCUT2D eigenvalue weighted by atomic mass is 35.5. The van der Waals surface area contributed by atoms with Crippen molar-refractivity contribution < 1.29 is 27.2 Å². The molecule has 6 nitrogen and oxygen atoms in total. The molecule has 2 heterocycles. The summed E-state index contributed by atoms with van der Waals surface area (Å²) in [5, 5.41) is 9.90. The Morgan fingerprint density at radius 2 is 1.89 bits per heavy atom. The van der Waals surface area contributed by atoms with Gasteiger partial charge in [0.05, 0.1) is 17.8 Å². The van der Waals surface area contributed by atoms with Crippen LogP contribution in [0.15, 0.2) is 67.0 Å². The first-order valence-electron chi connectivity index (χ1n) is 10.9. The largest absolute Gasteiger partial charge is 0.416 e. The summed E-state index contributed by atoms with van der Waals surface area (Å²) in [6.07, 6.45) is -1.34. The molecule has 0 radical (unpaired) electrons. The van der Waals surface area contributed by atoms with Crippen molar-refractivity contribution >= 4 is 29.1 Å². The molecule has 0 saturated heterocycles. The van der Waals surface area contributed by atoms with E-state index in [1.165, 1.54) is 12.1 Å². The summed E-state index contributed by atoms with van der Waals surface area (Å²) in [5.41, 5.74) is 1.17. The van der Waals surface area contributed by atoms with Crippen LogP contribution in [-0.2, 0) is 13.2 Å². The number of alkyl halides is 3. The maximum absolute atomic E-state index is 13.9. The average Bonchev–Trinajstić information content (AvgIpc) is 3.42. The molecule has 37 heavy (non-hydrogen) atoms. The lowest BCUT2D eigenvalue weighted by Gasteiger charge is -2.19. The molecule has 0 fully saturated rings. The minimum Gasteiger partial charge on any atom is -0.341 e. The van der Waals surface area contributed by atoms with Gasteiger partial charge in [0.2, 0.25) is 0 Å². The number of carbonyl (C=O) groups is 2. The van der Waals surface area contributed by atoms with Crippen LogP contribution in [0.4, 0.5) is 23.2 Å². The molecule has 2 amide bonds. The van der Waals surface area contributed by atoms with Gasteiger partial charge in [0.1, 0.15) is 5.82 Å². The molecule has 3 aromatic carbocycles. The lowest BCUT2D eigenvalue weighted by atomic mass is 9.94. The molecule has 1 aromatic heterocycles. The van der Waals surface area contributed by atoms with Crippen LogP contribution in [0.25, 0.3) is 11.1 Å². The van der Waals surface area contributed by atoms with Gasteiger partial charge in [-0.05, 0) is 53.6 Å². The number of halogens is 5. The first-order chi connectivity index (χ1) is 17.5. The Morgan fingerprint density at radius 1 is 1.11 bits per heavy atom. The predicted molar refractivity (Wildman–Crippen MR) is 129 cm³/mol. The normalized spacial score (nSPS) is 14.9. The molecule has 11 heteroatoms. The number of aromatic nitrogens is 2. The molecule has 0 spiro atoms. The zero-order chi connectivity index (χ0) is 26.5. The monoisotopic (exact) mass is 528 g/mol. The summed E-state index contributed by atoms with van der Waals surface area (Å²) in [7, 11) is 1.78. The number of nitrogens with one attached hydrogen (secondary N) is 2. The number of amides is 2. The van der Waals surface area contributed by atoms with Gasteiger partial charge in [-0.1, -0.05) is 23.7 Å². The van der Waals surface area contributed by atoms with E-state index < -0.39 is 41.0 Å². The Kier molecular flexibility index (Phi) is 5.99. The number of rotatable bonds is 4. The lowest BCUT2D eigenvalue weighted by molar-refractivity contribution is -0.137. The van der Waals surface area contributed by atoms with Crippen molar-refractivity contribution in [3.8, 4) is 11.1 Å². The highest BCUT2D eigenvalue weighted by Crippen LogP contribution is 2.40. The highest BCUT2D eigenvalue weighted by Gasteiger charge is 2.35. The Morgan fingerprint density at radius 3 is 2.59 bits per heavy atom. The smallest absolute Gasteiger partial charge is 0.341 e. The van der Waals surface area contributed by atoms with Crippen LogP contribution in [0.5, 0.6) is 0 Å². The zero-order valence-electron chi connectivity index (χ0n) is 19.0. The Hall–Kier alpha value is -4.18. The molecule has 188 valence electrons. The fourth-order valence-electron chi connectivity index (χ4n) is 4.29. The molecule has 1 unspecified atom stereocenters. The van der Waals surface area contributed by atoms with E-state index in [2.05, 4.69) is 15.7 Å². The second-order valence-electron chi connectivity index (χ2n) is 8.49. The third-order valence-electron chi connectivity index (χ3n) is 6.00. The van der Waals surface area contributed by atoms with Gasteiger partial charge in [-0.15, -0.1) is 0 Å². The third kappa shape index (κ3) is 4.67. The first-order valence-corrected chi connectivity index (χ1v) is 11.3. The van der Waals surface area contributed by atoms with Gasteiger partial charge in [0.15, 0.2) is 0 Å². The van der Waals surface area contributed by atoms with Crippen LogP contribution in [0.1, 0.15) is 43.4 Å². The number of hydrogen-bond acceptors (Lipinski definition) is 3. The van der Waals surface area contributed by atoms with E-state index >= 15 is 0 Å². The van der Waals surface area contributed by atoms with Gasteiger partial charge in [0, 0.05) is 46.2 Å². The highest BCUT2D eigenvalue weighted by molar-refractivity contribution is 6.31. The standard InChI is InChI=1S/C26H17ClF4N4O2/c1-35-12-15(11-32-35)13-5-6-20(27)19(9-13)23-22-18(25(37)34-23)3-2-4-21(22)33-24(36)14-7-16(26(29,30)31)10-17(28)8-14/h2-12,23H,1H3,(H,33,36)(H,34,37). The van der Waals surface area contributed by atoms with Gasteiger partial charge in [0.25, 0.3) is 11.8 Å². The van der Waals surface area contributed by atoms with E-state index in [0.29, 0.717) is 34.3 Å². The van der Waals surface area contributed by atoms with Crippen molar-refractivity contribution in [3.05, 3.63) is 106 Å². The van der Waals surface area contributed by atoms with E-state index in [4.69, 9.17) is 11.6 Å². The van der Waals surface area contributed by atoms with Crippen LogP contribution >= 0.6 is 11.6 Å². The van der Waals surface area contributed by atoms with Gasteiger partial charge >= 0.3 is 6.18 Å². The van der Waals surface area contributed by atoms with Gasteiger partial charge < -0.3 is 10.6 Å². The van der Waals surface area contributed by atoms with E-state index in [0.717, 1.165) is 11.1 Å². The Balaban J connectivity index is 1.54. The second-order valence-corrected chi connectivity index (χ2v) is 8.90. The molecule has 0 bridgehead atoms. The van der Waals surface area contributed by atoms with Crippen molar-refractivity contribution in [1.29, 1.82) is 0 Å². The van der Waals surface area contributed by atoms with Crippen molar-refractivity contribution in [2.45, 2.75) is 12.2 Å². The number of carbonyl (C=O) groups excluding carboxylic acids is 2. The van der Waals surface area contributed by atoms with Gasteiger partial charge in [-0.25, -0.2) is 4.39 Å². The molecule has 4 aromatic rings. The summed E-state index contributed by atoms with van der Waals surface area (Å²) in [6, 6.07) is 10.7. The van der Waals surface area contributed by atoms with Crippen LogP contribution in [0, 0.1) is 5.82 Å². The Bertz CT molecular complexity index is 1560. The minimum absolute atomic E-state index is 0.173. The second kappa shape index (κ2) is 9.04. The molecule has 1 aliphatic heterocycles. The quantitative estimate of drug-likeness (QED) is 0.320. The molecule has 0 aliphatic carbocycles. The predicted octanol–water partition coefficient (Wildman–Crippen LogP) is 5.98. The van der Waals surface area contributed by atoms with Crippen molar-refractivity contribution in [3.63, 3.8) is 0 Å². The van der Waals surface area contributed by atoms with E-state index in [-0.39, 0.29) is 11.3 Å². The molecular formula is C26H17ClF4N4O2. The van der Waals surface area contributed by atoms with Crippen LogP contribution < -0.4 is 10.6 Å². The van der Waals surface area contributed by atoms with E-state index in [1.54, 1.807) is 42.2 Å². The number of fused-ring (bicyclic) bond motifs is 1. The summed E-state index contributed by atoms with van der Waals surface area (Å²) in [5.74, 6) is -2.58. The maximum Gasteiger partial charge on any atom is 0.416 e. The molecular weight excluding hydrogens is 512 g/mol. The van der Waals surface area contributed by atoms with E-state index in [9.17, 15) is 27.2 Å². The van der Waals surface area contributed by atoms with Crippen LogP contribution in [-0.4, -0.2) is 21.6 Å². The molecule has 5 rings (SSSR count). The number of benzene rings is 3. The maximum atomic E-state index is 13.9. The molecule has 0 saturated carbocycles. The van der Waals surface area contributed by atoms with Gasteiger partial charge in [-0.2, -0.15) is 18.3 Å². The third-order valence-corrected chi connectivity index (χ3v) is 6.34. The average molecular weight is 529 g/mol. The summed E-state index contributed by atoms with van der Waals surface area (Å²) in [6.45, 7) is 0. The summed E-state index contributed by atoms with van der Waals surface area (Å²) in [4.78, 5) is 25.7. The topological polar surface area (TPSA) is 76.0 Å².